The van der Waals surface area contributed by atoms with Crippen LogP contribution in [0.1, 0.15) is 31.0 Å². The van der Waals surface area contributed by atoms with Crippen LogP contribution in [0.5, 0.6) is 0 Å². The van der Waals surface area contributed by atoms with Crippen LogP contribution in [-0.2, 0) is 16.1 Å². The third-order valence-corrected chi connectivity index (χ3v) is 3.83. The summed E-state index contributed by atoms with van der Waals surface area (Å²) >= 11 is 1.54. The van der Waals surface area contributed by atoms with Crippen molar-refractivity contribution in [3.63, 3.8) is 0 Å². The summed E-state index contributed by atoms with van der Waals surface area (Å²) in [5, 5.41) is 12.0. The number of amides is 1. The van der Waals surface area contributed by atoms with Gasteiger partial charge in [0.1, 0.15) is 0 Å². The van der Waals surface area contributed by atoms with Gasteiger partial charge in [0.15, 0.2) is 0 Å². The molecule has 0 spiro atoms. The zero-order valence-electron chi connectivity index (χ0n) is 11.7. The van der Waals surface area contributed by atoms with E-state index in [2.05, 4.69) is 4.98 Å². The zero-order chi connectivity index (χ0) is 14.6. The summed E-state index contributed by atoms with van der Waals surface area (Å²) < 4.78 is 0. The van der Waals surface area contributed by atoms with Crippen molar-refractivity contribution in [1.29, 1.82) is 0 Å². The highest BCUT2D eigenvalue weighted by atomic mass is 32.1. The molecule has 1 rings (SSSR count). The molecule has 1 heterocycles. The minimum absolute atomic E-state index is 0.0343. The lowest BCUT2D eigenvalue weighted by atomic mass is 9.92. The summed E-state index contributed by atoms with van der Waals surface area (Å²) in [6.45, 7) is 5.97. The Hall–Kier alpha value is -1.43. The van der Waals surface area contributed by atoms with E-state index in [1.54, 1.807) is 7.05 Å². The van der Waals surface area contributed by atoms with Crippen molar-refractivity contribution in [2.24, 2.45) is 11.8 Å². The summed E-state index contributed by atoms with van der Waals surface area (Å²) in [4.78, 5) is 28.9. The topological polar surface area (TPSA) is 70.5 Å². The number of carbonyl (C=O) groups excluding carboxylic acids is 1. The van der Waals surface area contributed by atoms with Gasteiger partial charge in [-0.2, -0.15) is 0 Å². The van der Waals surface area contributed by atoms with Crippen molar-refractivity contribution in [2.75, 3.05) is 7.05 Å². The third-order valence-electron chi connectivity index (χ3n) is 3.01. The summed E-state index contributed by atoms with van der Waals surface area (Å²) in [6.07, 6.45) is 0.0343. The van der Waals surface area contributed by atoms with Crippen LogP contribution in [0.25, 0.3) is 0 Å². The average Bonchev–Trinajstić information content (AvgIpc) is 2.70. The molecule has 0 unspecified atom stereocenters. The number of rotatable bonds is 6. The maximum Gasteiger partial charge on any atom is 0.307 e. The van der Waals surface area contributed by atoms with Gasteiger partial charge in [0.2, 0.25) is 5.91 Å². The van der Waals surface area contributed by atoms with Gasteiger partial charge in [0.25, 0.3) is 0 Å². The normalized spacial score (nSPS) is 12.5. The van der Waals surface area contributed by atoms with E-state index in [1.807, 2.05) is 26.2 Å². The second-order valence-electron chi connectivity index (χ2n) is 5.00. The first-order chi connectivity index (χ1) is 8.81. The second-order valence-corrected chi connectivity index (χ2v) is 6.06. The van der Waals surface area contributed by atoms with Crippen molar-refractivity contribution < 1.29 is 14.7 Å². The Morgan fingerprint density at radius 2 is 2.11 bits per heavy atom. The van der Waals surface area contributed by atoms with Crippen molar-refractivity contribution >= 4 is 23.2 Å². The zero-order valence-corrected chi connectivity index (χ0v) is 12.5. The van der Waals surface area contributed by atoms with Gasteiger partial charge in [-0.05, 0) is 12.8 Å². The molecule has 0 radical (unpaired) electrons. The van der Waals surface area contributed by atoms with E-state index in [0.29, 0.717) is 6.54 Å². The standard InChI is InChI=1S/C13H20N2O3S/c1-8(2)11(13(17)18)5-12(16)15(4)6-10-7-19-9(3)14-10/h7-8,11H,5-6H2,1-4H3,(H,17,18)/t11-/m0/s1. The average molecular weight is 284 g/mol. The van der Waals surface area contributed by atoms with Crippen molar-refractivity contribution in [2.45, 2.75) is 33.7 Å². The van der Waals surface area contributed by atoms with Gasteiger partial charge in [-0.15, -0.1) is 11.3 Å². The number of hydrogen-bond acceptors (Lipinski definition) is 4. The Labute approximate surface area is 117 Å². The van der Waals surface area contributed by atoms with Gasteiger partial charge in [-0.1, -0.05) is 13.8 Å². The van der Waals surface area contributed by atoms with Crippen LogP contribution in [0.15, 0.2) is 5.38 Å². The summed E-state index contributed by atoms with van der Waals surface area (Å²) in [6, 6.07) is 0. The molecule has 5 nitrogen and oxygen atoms in total. The first-order valence-corrected chi connectivity index (χ1v) is 7.07. The van der Waals surface area contributed by atoms with E-state index in [9.17, 15) is 9.59 Å². The fourth-order valence-corrected chi connectivity index (χ4v) is 2.37. The molecule has 0 aromatic carbocycles. The van der Waals surface area contributed by atoms with E-state index in [-0.39, 0.29) is 18.2 Å². The van der Waals surface area contributed by atoms with Gasteiger partial charge in [0, 0.05) is 18.8 Å². The smallest absolute Gasteiger partial charge is 0.307 e. The molecule has 0 saturated heterocycles. The molecule has 1 aromatic rings. The lowest BCUT2D eigenvalue weighted by molar-refractivity contribution is -0.147. The molecule has 0 aliphatic rings. The molecule has 1 aromatic heterocycles. The van der Waals surface area contributed by atoms with Crippen molar-refractivity contribution in [3.05, 3.63) is 16.1 Å². The molecule has 6 heteroatoms. The van der Waals surface area contributed by atoms with Crippen LogP contribution < -0.4 is 0 Å². The minimum Gasteiger partial charge on any atom is -0.481 e. The Kier molecular flexibility index (Phi) is 5.47. The van der Waals surface area contributed by atoms with Crippen LogP contribution in [0.2, 0.25) is 0 Å². The largest absolute Gasteiger partial charge is 0.481 e. The molecular weight excluding hydrogens is 264 g/mol. The lowest BCUT2D eigenvalue weighted by Crippen LogP contribution is -2.32. The highest BCUT2D eigenvalue weighted by molar-refractivity contribution is 7.09. The molecule has 106 valence electrons. The Morgan fingerprint density at radius 3 is 2.53 bits per heavy atom. The van der Waals surface area contributed by atoms with Crippen molar-refractivity contribution in [1.82, 2.24) is 9.88 Å². The minimum atomic E-state index is -0.916. The number of aryl methyl sites for hydroxylation is 1. The molecule has 1 amide bonds. The van der Waals surface area contributed by atoms with Crippen LogP contribution >= 0.6 is 11.3 Å². The fraction of sp³-hybridized carbons (Fsp3) is 0.615. The van der Waals surface area contributed by atoms with Crippen LogP contribution in [0.3, 0.4) is 0 Å². The Morgan fingerprint density at radius 1 is 1.47 bits per heavy atom. The number of aromatic nitrogens is 1. The van der Waals surface area contributed by atoms with E-state index in [1.165, 1.54) is 16.2 Å². The Bertz CT molecular complexity index is 456. The van der Waals surface area contributed by atoms with E-state index < -0.39 is 11.9 Å². The van der Waals surface area contributed by atoms with E-state index >= 15 is 0 Å². The van der Waals surface area contributed by atoms with Crippen LogP contribution in [0, 0.1) is 18.8 Å². The predicted molar refractivity (Wildman–Crippen MR) is 73.9 cm³/mol. The molecule has 0 fully saturated rings. The maximum absolute atomic E-state index is 12.0. The number of hydrogen-bond donors (Lipinski definition) is 1. The van der Waals surface area contributed by atoms with Crippen LogP contribution in [0.4, 0.5) is 0 Å². The Balaban J connectivity index is 2.59. The number of carbonyl (C=O) groups is 2. The molecule has 0 aliphatic heterocycles. The lowest BCUT2D eigenvalue weighted by Gasteiger charge is -2.20. The summed E-state index contributed by atoms with van der Waals surface area (Å²) in [7, 11) is 1.68. The van der Waals surface area contributed by atoms with Crippen molar-refractivity contribution in [3.8, 4) is 0 Å². The van der Waals surface area contributed by atoms with Gasteiger partial charge in [0.05, 0.1) is 23.2 Å². The SMILES string of the molecule is Cc1nc(CN(C)C(=O)C[C@H](C(=O)O)C(C)C)cs1. The van der Waals surface area contributed by atoms with Crippen LogP contribution in [-0.4, -0.2) is 33.9 Å². The highest BCUT2D eigenvalue weighted by Gasteiger charge is 2.26. The number of aliphatic carboxylic acids is 1. The number of nitrogens with zero attached hydrogens (tertiary/aromatic N) is 2. The van der Waals surface area contributed by atoms with Gasteiger partial charge >= 0.3 is 5.97 Å². The molecule has 0 saturated carbocycles. The molecule has 0 bridgehead atoms. The number of thiazole rings is 1. The molecule has 1 N–H and O–H groups in total. The first-order valence-electron chi connectivity index (χ1n) is 6.19. The van der Waals surface area contributed by atoms with Gasteiger partial charge < -0.3 is 10.0 Å². The molecule has 19 heavy (non-hydrogen) atoms. The highest BCUT2D eigenvalue weighted by Crippen LogP contribution is 2.17. The molecule has 0 aliphatic carbocycles. The predicted octanol–water partition coefficient (Wildman–Crippen LogP) is 2.16. The van der Waals surface area contributed by atoms with Gasteiger partial charge in [-0.3, -0.25) is 9.59 Å². The maximum atomic E-state index is 12.0. The molecular formula is C13H20N2O3S. The van der Waals surface area contributed by atoms with E-state index in [4.69, 9.17) is 5.11 Å². The monoisotopic (exact) mass is 284 g/mol. The van der Waals surface area contributed by atoms with Gasteiger partial charge in [-0.25, -0.2) is 4.98 Å². The second kappa shape index (κ2) is 6.65. The quantitative estimate of drug-likeness (QED) is 0.869. The number of carboxylic acids is 1. The summed E-state index contributed by atoms with van der Waals surface area (Å²) in [5.41, 5.74) is 0.842. The molecule has 1 atom stereocenters. The number of carboxylic acid groups (broad SMARTS) is 1. The first kappa shape index (κ1) is 15.6. The fourth-order valence-electron chi connectivity index (χ4n) is 1.76. The third kappa shape index (κ3) is 4.63. The summed E-state index contributed by atoms with van der Waals surface area (Å²) in [5.74, 6) is -1.77. The van der Waals surface area contributed by atoms with E-state index in [0.717, 1.165) is 10.7 Å².